The van der Waals surface area contributed by atoms with Gasteiger partial charge in [-0.25, -0.2) is 9.78 Å². The lowest BCUT2D eigenvalue weighted by Gasteiger charge is -2.26. The molecule has 1 aliphatic carbocycles. The highest BCUT2D eigenvalue weighted by molar-refractivity contribution is 7.99. The molecule has 168 valence electrons. The van der Waals surface area contributed by atoms with Crippen LogP contribution in [-0.4, -0.2) is 33.8 Å². The minimum atomic E-state index is -0.511. The van der Waals surface area contributed by atoms with Crippen molar-refractivity contribution in [3.63, 3.8) is 0 Å². The van der Waals surface area contributed by atoms with Crippen molar-refractivity contribution in [1.82, 2.24) is 20.2 Å². The minimum absolute atomic E-state index is 0.00977. The quantitative estimate of drug-likeness (QED) is 0.400. The van der Waals surface area contributed by atoms with Crippen LogP contribution in [0, 0.1) is 0 Å². The number of thiophene rings is 1. The maximum Gasteiger partial charge on any atom is 0.321 e. The molecule has 0 aliphatic heterocycles. The molecule has 9 heteroatoms. The average molecular weight is 471 g/mol. The first-order valence-electron chi connectivity index (χ1n) is 10.9. The number of rotatable bonds is 7. The smallest absolute Gasteiger partial charge is 0.321 e. The highest BCUT2D eigenvalue weighted by Crippen LogP contribution is 2.31. The Morgan fingerprint density at radius 1 is 1.12 bits per heavy atom. The Labute approximate surface area is 194 Å². The summed E-state index contributed by atoms with van der Waals surface area (Å²) in [6.45, 7) is 0.459. The van der Waals surface area contributed by atoms with Crippen LogP contribution in [0.15, 0.2) is 51.7 Å². The Morgan fingerprint density at radius 2 is 1.94 bits per heavy atom. The molecule has 0 saturated heterocycles. The van der Waals surface area contributed by atoms with Gasteiger partial charge >= 0.3 is 6.03 Å². The van der Waals surface area contributed by atoms with Crippen molar-refractivity contribution in [2.75, 3.05) is 12.3 Å². The molecular weight excluding hydrogens is 444 g/mol. The van der Waals surface area contributed by atoms with Gasteiger partial charge in [0.05, 0.1) is 16.7 Å². The number of hydrogen-bond donors (Lipinski definition) is 2. The molecule has 3 aromatic rings. The zero-order valence-corrected chi connectivity index (χ0v) is 19.3. The number of fused-ring (bicyclic) bond motifs is 1. The SMILES string of the molecule is O=C(CSc1nc2ccccc2c(=O)n1C1CCCCC1)NC(=O)NCCc1cccs1. The van der Waals surface area contributed by atoms with Crippen molar-refractivity contribution in [3.8, 4) is 0 Å². The van der Waals surface area contributed by atoms with E-state index in [2.05, 4.69) is 15.6 Å². The van der Waals surface area contributed by atoms with Crippen LogP contribution in [-0.2, 0) is 11.2 Å². The summed E-state index contributed by atoms with van der Waals surface area (Å²) < 4.78 is 1.76. The second-order valence-electron chi connectivity index (χ2n) is 7.80. The molecule has 3 amide bonds. The Morgan fingerprint density at radius 3 is 2.72 bits per heavy atom. The molecule has 0 spiro atoms. The fourth-order valence-corrected chi connectivity index (χ4v) is 5.55. The normalized spacial score (nSPS) is 14.4. The van der Waals surface area contributed by atoms with E-state index in [0.29, 0.717) is 22.6 Å². The number of carbonyl (C=O) groups excluding carboxylic acids is 2. The molecule has 4 rings (SSSR count). The topological polar surface area (TPSA) is 93.1 Å². The molecule has 1 fully saturated rings. The number of imide groups is 1. The van der Waals surface area contributed by atoms with Crippen LogP contribution in [0.5, 0.6) is 0 Å². The number of para-hydroxylation sites is 1. The highest BCUT2D eigenvalue weighted by Gasteiger charge is 2.22. The molecule has 1 aromatic carbocycles. The molecular formula is C23H26N4O3S2. The summed E-state index contributed by atoms with van der Waals surface area (Å²) in [4.78, 5) is 43.5. The fourth-order valence-electron chi connectivity index (χ4n) is 3.98. The second-order valence-corrected chi connectivity index (χ2v) is 9.78. The van der Waals surface area contributed by atoms with E-state index in [9.17, 15) is 14.4 Å². The van der Waals surface area contributed by atoms with Crippen LogP contribution in [0.25, 0.3) is 10.9 Å². The van der Waals surface area contributed by atoms with Crippen molar-refractivity contribution in [2.24, 2.45) is 0 Å². The van der Waals surface area contributed by atoms with Crippen molar-refractivity contribution < 1.29 is 9.59 Å². The Bertz CT molecular complexity index is 1140. The zero-order valence-electron chi connectivity index (χ0n) is 17.7. The number of thioether (sulfide) groups is 1. The van der Waals surface area contributed by atoms with Gasteiger partial charge in [-0.2, -0.15) is 0 Å². The minimum Gasteiger partial charge on any atom is -0.337 e. The molecule has 2 heterocycles. The first-order chi connectivity index (χ1) is 15.6. The van der Waals surface area contributed by atoms with Gasteiger partial charge in [-0.05, 0) is 42.8 Å². The number of nitrogens with zero attached hydrogens (tertiary/aromatic N) is 2. The Balaban J connectivity index is 1.40. The van der Waals surface area contributed by atoms with Gasteiger partial charge in [-0.3, -0.25) is 19.5 Å². The summed E-state index contributed by atoms with van der Waals surface area (Å²) in [5, 5.41) is 8.18. The van der Waals surface area contributed by atoms with Crippen LogP contribution in [0.3, 0.4) is 0 Å². The van der Waals surface area contributed by atoms with Gasteiger partial charge in [0.2, 0.25) is 5.91 Å². The number of hydrogen-bond acceptors (Lipinski definition) is 6. The van der Waals surface area contributed by atoms with E-state index >= 15 is 0 Å². The van der Waals surface area contributed by atoms with Gasteiger partial charge < -0.3 is 5.32 Å². The molecule has 0 unspecified atom stereocenters. The van der Waals surface area contributed by atoms with Crippen LogP contribution in [0.1, 0.15) is 43.0 Å². The standard InChI is InChI=1S/C23H26N4O3S2/c28-20(26-22(30)24-13-12-17-9-6-14-31-17)15-32-23-25-19-11-5-4-10-18(19)21(29)27(23)16-7-2-1-3-8-16/h4-6,9-11,14,16H,1-3,7-8,12-13,15H2,(H2,24,26,28,30). The predicted octanol–water partition coefficient (Wildman–Crippen LogP) is 4.12. The number of carbonyl (C=O) groups is 2. The maximum atomic E-state index is 13.2. The molecule has 0 radical (unpaired) electrons. The van der Waals surface area contributed by atoms with E-state index in [4.69, 9.17) is 0 Å². The van der Waals surface area contributed by atoms with Crippen molar-refractivity contribution in [3.05, 3.63) is 57.0 Å². The molecule has 0 bridgehead atoms. The maximum absolute atomic E-state index is 13.2. The third-order valence-corrected chi connectivity index (χ3v) is 7.43. The molecule has 2 aromatic heterocycles. The van der Waals surface area contributed by atoms with Gasteiger partial charge in [-0.15, -0.1) is 11.3 Å². The summed E-state index contributed by atoms with van der Waals surface area (Å²) in [5.41, 5.74) is 0.565. The molecule has 0 atom stereocenters. The van der Waals surface area contributed by atoms with Crippen LogP contribution < -0.4 is 16.2 Å². The molecule has 1 saturated carbocycles. The number of benzene rings is 1. The van der Waals surface area contributed by atoms with Crippen LogP contribution in [0.2, 0.25) is 0 Å². The van der Waals surface area contributed by atoms with Gasteiger partial charge in [-0.1, -0.05) is 49.2 Å². The lowest BCUT2D eigenvalue weighted by Crippen LogP contribution is -2.41. The van der Waals surface area contributed by atoms with Crippen molar-refractivity contribution in [1.29, 1.82) is 0 Å². The van der Waals surface area contributed by atoms with Gasteiger partial charge in [0.1, 0.15) is 0 Å². The predicted molar refractivity (Wildman–Crippen MR) is 128 cm³/mol. The van der Waals surface area contributed by atoms with Gasteiger partial charge in [0.15, 0.2) is 5.16 Å². The second kappa shape index (κ2) is 10.8. The zero-order chi connectivity index (χ0) is 22.3. The van der Waals surface area contributed by atoms with Crippen LogP contribution >= 0.6 is 23.1 Å². The van der Waals surface area contributed by atoms with Gasteiger partial charge in [0, 0.05) is 17.5 Å². The van der Waals surface area contributed by atoms with E-state index in [0.717, 1.165) is 32.1 Å². The first kappa shape index (κ1) is 22.5. The monoisotopic (exact) mass is 470 g/mol. The van der Waals surface area contributed by atoms with Gasteiger partial charge in [0.25, 0.3) is 5.56 Å². The molecule has 32 heavy (non-hydrogen) atoms. The molecule has 2 N–H and O–H groups in total. The van der Waals surface area contributed by atoms with Crippen molar-refractivity contribution in [2.45, 2.75) is 49.7 Å². The summed E-state index contributed by atoms with van der Waals surface area (Å²) in [6.07, 6.45) is 5.94. The fraction of sp³-hybridized carbons (Fsp3) is 0.391. The van der Waals surface area contributed by atoms with Crippen molar-refractivity contribution >= 4 is 45.9 Å². The van der Waals surface area contributed by atoms with Crippen LogP contribution in [0.4, 0.5) is 4.79 Å². The first-order valence-corrected chi connectivity index (χ1v) is 12.7. The largest absolute Gasteiger partial charge is 0.337 e. The molecule has 1 aliphatic rings. The van der Waals surface area contributed by atoms with E-state index in [1.165, 1.54) is 23.1 Å². The third-order valence-electron chi connectivity index (χ3n) is 5.54. The van der Waals surface area contributed by atoms with E-state index in [1.54, 1.807) is 22.0 Å². The lowest BCUT2D eigenvalue weighted by molar-refractivity contribution is -0.117. The van der Waals surface area contributed by atoms with E-state index in [1.807, 2.05) is 35.7 Å². The molecule has 7 nitrogen and oxygen atoms in total. The lowest BCUT2D eigenvalue weighted by atomic mass is 9.95. The number of amides is 3. The summed E-state index contributed by atoms with van der Waals surface area (Å²) in [6, 6.07) is 10.9. The van der Waals surface area contributed by atoms with E-state index < -0.39 is 11.9 Å². The Hall–Kier alpha value is -2.65. The average Bonchev–Trinajstić information content (AvgIpc) is 3.32. The summed E-state index contributed by atoms with van der Waals surface area (Å²) >= 11 is 2.84. The summed E-state index contributed by atoms with van der Waals surface area (Å²) in [7, 11) is 0. The number of nitrogens with one attached hydrogen (secondary N) is 2. The highest BCUT2D eigenvalue weighted by atomic mass is 32.2. The third kappa shape index (κ3) is 5.58. The number of urea groups is 1. The Kier molecular flexibility index (Phi) is 7.59. The van der Waals surface area contributed by atoms with E-state index in [-0.39, 0.29) is 17.4 Å². The summed E-state index contributed by atoms with van der Waals surface area (Å²) in [5.74, 6) is -0.406. The number of aromatic nitrogens is 2.